The Labute approximate surface area is 200 Å². The molecule has 4 rings (SSSR count). The second-order valence-corrected chi connectivity index (χ2v) is 9.19. The number of ether oxygens (including phenoxy) is 1. The lowest BCUT2D eigenvalue weighted by atomic mass is 9.82. The van der Waals surface area contributed by atoms with Crippen molar-refractivity contribution in [2.24, 2.45) is 17.8 Å². The number of benzene rings is 1. The van der Waals surface area contributed by atoms with Crippen molar-refractivity contribution in [2.45, 2.75) is 31.6 Å². The number of rotatable bonds is 7. The number of piperidine rings is 1. The van der Waals surface area contributed by atoms with E-state index in [-0.39, 0.29) is 12.5 Å². The molecule has 2 heterocycles. The molecular formula is C28H32F2N2O2. The van der Waals surface area contributed by atoms with Crippen molar-refractivity contribution in [3.05, 3.63) is 60.3 Å². The van der Waals surface area contributed by atoms with Gasteiger partial charge in [0.05, 0.1) is 19.2 Å². The Bertz CT molecular complexity index is 1100. The van der Waals surface area contributed by atoms with Gasteiger partial charge in [-0.2, -0.15) is 0 Å². The van der Waals surface area contributed by atoms with E-state index in [1.165, 1.54) is 17.7 Å². The summed E-state index contributed by atoms with van der Waals surface area (Å²) in [5.74, 6) is 3.16. The maximum absolute atomic E-state index is 13.9. The fourth-order valence-corrected chi connectivity index (χ4v) is 4.97. The SMILES string of the molecule is COc1ccc2nccc(CCC[C@@H]3CCN(CC#CC4C=CC=CC4(F)F)C[C@@H]3CO)c2c1. The van der Waals surface area contributed by atoms with E-state index in [2.05, 4.69) is 27.8 Å². The summed E-state index contributed by atoms with van der Waals surface area (Å²) in [7, 11) is 1.67. The number of allylic oxidation sites excluding steroid dienone is 4. The van der Waals surface area contributed by atoms with Crippen LogP contribution in [0.3, 0.4) is 0 Å². The van der Waals surface area contributed by atoms with Gasteiger partial charge in [0.15, 0.2) is 0 Å². The Morgan fingerprint density at radius 3 is 2.91 bits per heavy atom. The molecule has 1 N–H and O–H groups in total. The number of methoxy groups -OCH3 is 1. The normalized spacial score (nSPS) is 24.1. The summed E-state index contributed by atoms with van der Waals surface area (Å²) in [6.45, 7) is 2.22. The summed E-state index contributed by atoms with van der Waals surface area (Å²) in [5.41, 5.74) is 2.24. The molecular weight excluding hydrogens is 434 g/mol. The third-order valence-electron chi connectivity index (χ3n) is 6.98. The van der Waals surface area contributed by atoms with E-state index in [9.17, 15) is 13.9 Å². The first-order valence-corrected chi connectivity index (χ1v) is 12.0. The van der Waals surface area contributed by atoms with Crippen molar-refractivity contribution >= 4 is 10.9 Å². The Kier molecular flexibility index (Phi) is 7.97. The van der Waals surface area contributed by atoms with Crippen LogP contribution in [0.2, 0.25) is 0 Å². The van der Waals surface area contributed by atoms with Gasteiger partial charge in [-0.3, -0.25) is 9.88 Å². The standard InChI is InChI=1S/C28H32F2N2O2/c1-34-25-10-11-27-26(18-25)22(12-15-31-27)7-4-6-21-13-17-32(19-23(21)20-33)16-5-9-24-8-2-3-14-28(24,29)30/h2-3,8,10-12,14-15,18,21,23-24,33H,4,6-7,13,16-17,19-20H2,1H3/t21-,23-,24?/m1/s1. The number of pyridine rings is 1. The number of alkyl halides is 2. The summed E-state index contributed by atoms with van der Waals surface area (Å²) >= 11 is 0. The van der Waals surface area contributed by atoms with Crippen molar-refractivity contribution < 1.29 is 18.6 Å². The zero-order valence-corrected chi connectivity index (χ0v) is 19.6. The Hall–Kier alpha value is -2.75. The lowest BCUT2D eigenvalue weighted by Gasteiger charge is -2.37. The fraction of sp³-hybridized carbons (Fsp3) is 0.464. The molecule has 1 saturated heterocycles. The number of hydrogen-bond donors (Lipinski definition) is 1. The maximum Gasteiger partial charge on any atom is 0.283 e. The smallest absolute Gasteiger partial charge is 0.283 e. The summed E-state index contributed by atoms with van der Waals surface area (Å²) in [6, 6.07) is 8.04. The minimum Gasteiger partial charge on any atom is -0.497 e. The summed E-state index contributed by atoms with van der Waals surface area (Å²) in [5, 5.41) is 11.1. The molecule has 34 heavy (non-hydrogen) atoms. The van der Waals surface area contributed by atoms with Crippen LogP contribution in [-0.4, -0.2) is 54.3 Å². The van der Waals surface area contributed by atoms with Crippen LogP contribution in [0.5, 0.6) is 5.75 Å². The fourth-order valence-electron chi connectivity index (χ4n) is 4.97. The number of nitrogens with zero attached hydrogens (tertiary/aromatic N) is 2. The summed E-state index contributed by atoms with van der Waals surface area (Å²) < 4.78 is 33.1. The van der Waals surface area contributed by atoms with Crippen LogP contribution in [0, 0.1) is 29.6 Å². The molecule has 0 spiro atoms. The van der Waals surface area contributed by atoms with Gasteiger partial charge in [0.25, 0.3) is 5.92 Å². The van der Waals surface area contributed by atoms with E-state index in [1.807, 2.05) is 24.4 Å². The number of aliphatic hydroxyl groups excluding tert-OH is 1. The van der Waals surface area contributed by atoms with E-state index in [1.54, 1.807) is 13.2 Å². The molecule has 3 atom stereocenters. The van der Waals surface area contributed by atoms with Crippen molar-refractivity contribution in [1.82, 2.24) is 9.88 Å². The van der Waals surface area contributed by atoms with Crippen LogP contribution < -0.4 is 4.74 Å². The molecule has 0 saturated carbocycles. The molecule has 180 valence electrons. The molecule has 4 nitrogen and oxygen atoms in total. The second-order valence-electron chi connectivity index (χ2n) is 9.19. The molecule has 0 radical (unpaired) electrons. The molecule has 1 aliphatic heterocycles. The second kappa shape index (κ2) is 11.1. The van der Waals surface area contributed by atoms with Crippen LogP contribution >= 0.6 is 0 Å². The maximum atomic E-state index is 13.9. The van der Waals surface area contributed by atoms with Gasteiger partial charge < -0.3 is 9.84 Å². The van der Waals surface area contributed by atoms with Crippen molar-refractivity contribution in [1.29, 1.82) is 0 Å². The van der Waals surface area contributed by atoms with E-state index in [0.29, 0.717) is 12.5 Å². The molecule has 1 aromatic carbocycles. The number of halogens is 2. The zero-order chi connectivity index (χ0) is 24.0. The molecule has 0 amide bonds. The van der Waals surface area contributed by atoms with E-state index < -0.39 is 11.8 Å². The average Bonchev–Trinajstić information content (AvgIpc) is 2.85. The van der Waals surface area contributed by atoms with Gasteiger partial charge in [0, 0.05) is 24.7 Å². The first kappa shape index (κ1) is 24.4. The van der Waals surface area contributed by atoms with Gasteiger partial charge in [-0.1, -0.05) is 30.1 Å². The highest BCUT2D eigenvalue weighted by Crippen LogP contribution is 2.31. The first-order chi connectivity index (χ1) is 16.5. The van der Waals surface area contributed by atoms with Crippen LogP contribution in [0.1, 0.15) is 24.8 Å². The number of likely N-dealkylation sites (tertiary alicyclic amines) is 1. The summed E-state index contributed by atoms with van der Waals surface area (Å²) in [4.78, 5) is 6.63. The number of aromatic nitrogens is 1. The predicted octanol–water partition coefficient (Wildman–Crippen LogP) is 4.88. The highest BCUT2D eigenvalue weighted by atomic mass is 19.3. The van der Waals surface area contributed by atoms with Gasteiger partial charge in [-0.15, -0.1) is 0 Å². The van der Waals surface area contributed by atoms with Gasteiger partial charge in [-0.25, -0.2) is 8.78 Å². The number of fused-ring (bicyclic) bond motifs is 1. The highest BCUT2D eigenvalue weighted by molar-refractivity contribution is 5.83. The van der Waals surface area contributed by atoms with Gasteiger partial charge in [0.2, 0.25) is 0 Å². The van der Waals surface area contributed by atoms with Crippen molar-refractivity contribution in [2.75, 3.05) is 33.4 Å². The molecule has 1 fully saturated rings. The van der Waals surface area contributed by atoms with E-state index in [0.717, 1.165) is 61.5 Å². The van der Waals surface area contributed by atoms with Crippen LogP contribution in [0.15, 0.2) is 54.8 Å². The van der Waals surface area contributed by atoms with Crippen molar-refractivity contribution in [3.63, 3.8) is 0 Å². The molecule has 2 aromatic rings. The Morgan fingerprint density at radius 1 is 1.24 bits per heavy atom. The topological polar surface area (TPSA) is 45.6 Å². The van der Waals surface area contributed by atoms with Gasteiger partial charge in [0.1, 0.15) is 11.7 Å². The van der Waals surface area contributed by atoms with E-state index >= 15 is 0 Å². The minimum absolute atomic E-state index is 0.137. The quantitative estimate of drug-likeness (QED) is 0.591. The summed E-state index contributed by atoms with van der Waals surface area (Å²) in [6.07, 6.45) is 11.2. The predicted molar refractivity (Wildman–Crippen MR) is 131 cm³/mol. The third-order valence-corrected chi connectivity index (χ3v) is 6.98. The molecule has 0 bridgehead atoms. The number of hydrogen-bond acceptors (Lipinski definition) is 4. The Morgan fingerprint density at radius 2 is 2.12 bits per heavy atom. The number of aliphatic hydroxyl groups is 1. The molecule has 1 aliphatic carbocycles. The highest BCUT2D eigenvalue weighted by Gasteiger charge is 2.35. The van der Waals surface area contributed by atoms with Crippen LogP contribution in [0.4, 0.5) is 8.78 Å². The molecule has 2 aliphatic rings. The number of aryl methyl sites for hydroxylation is 1. The molecule has 6 heteroatoms. The largest absolute Gasteiger partial charge is 0.497 e. The third kappa shape index (κ3) is 5.84. The molecule has 1 aromatic heterocycles. The monoisotopic (exact) mass is 466 g/mol. The lowest BCUT2D eigenvalue weighted by Crippen LogP contribution is -2.42. The first-order valence-electron chi connectivity index (χ1n) is 12.0. The minimum atomic E-state index is -2.91. The Balaban J connectivity index is 1.29. The van der Waals surface area contributed by atoms with E-state index in [4.69, 9.17) is 4.74 Å². The molecule has 1 unspecified atom stereocenters. The van der Waals surface area contributed by atoms with Crippen molar-refractivity contribution in [3.8, 4) is 17.6 Å². The van der Waals surface area contributed by atoms with Gasteiger partial charge >= 0.3 is 0 Å². The average molecular weight is 467 g/mol. The zero-order valence-electron chi connectivity index (χ0n) is 19.6. The lowest BCUT2D eigenvalue weighted by molar-refractivity contribution is 0.0301. The van der Waals surface area contributed by atoms with Gasteiger partial charge in [-0.05, 0) is 80.0 Å². The van der Waals surface area contributed by atoms with Crippen LogP contribution in [0.25, 0.3) is 10.9 Å². The van der Waals surface area contributed by atoms with Crippen LogP contribution in [-0.2, 0) is 6.42 Å².